The van der Waals surface area contributed by atoms with Gasteiger partial charge in [0.2, 0.25) is 0 Å². The summed E-state index contributed by atoms with van der Waals surface area (Å²) in [6.07, 6.45) is -1.18. The quantitative estimate of drug-likeness (QED) is 0.618. The maximum atomic E-state index is 10.0. The van der Waals surface area contributed by atoms with Crippen LogP contribution in [-0.4, -0.2) is 66.9 Å². The van der Waals surface area contributed by atoms with Gasteiger partial charge in [-0.05, 0) is 0 Å². The summed E-state index contributed by atoms with van der Waals surface area (Å²) < 4.78 is 11.9. The molecule has 0 radical (unpaired) electrons. The van der Waals surface area contributed by atoms with Gasteiger partial charge in [-0.25, -0.2) is 9.97 Å². The second-order valence-electron chi connectivity index (χ2n) is 4.45. The van der Waals surface area contributed by atoms with Crippen LogP contribution in [0, 0.1) is 0 Å². The lowest BCUT2D eigenvalue weighted by atomic mass is 10.1. The van der Waals surface area contributed by atoms with Gasteiger partial charge in [0.05, 0.1) is 26.2 Å². The van der Waals surface area contributed by atoms with E-state index in [0.29, 0.717) is 11.2 Å². The highest BCUT2D eigenvalue weighted by molar-refractivity contribution is 5.69. The SMILES string of the molecule is COc1ncc2ncn(C3OC(CO)C(O)C3O)c2n1. The van der Waals surface area contributed by atoms with Gasteiger partial charge in [-0.3, -0.25) is 4.57 Å². The lowest BCUT2D eigenvalue weighted by Gasteiger charge is -2.16. The largest absolute Gasteiger partial charge is 0.467 e. The second kappa shape index (κ2) is 4.94. The minimum atomic E-state index is -1.19. The van der Waals surface area contributed by atoms with Crippen molar-refractivity contribution in [3.05, 3.63) is 12.5 Å². The number of fused-ring (bicyclic) bond motifs is 1. The lowest BCUT2D eigenvalue weighted by Crippen LogP contribution is -2.33. The van der Waals surface area contributed by atoms with E-state index in [2.05, 4.69) is 15.0 Å². The molecule has 0 saturated carbocycles. The van der Waals surface area contributed by atoms with Gasteiger partial charge in [-0.2, -0.15) is 4.98 Å². The number of aliphatic hydroxyl groups excluding tert-OH is 3. The third kappa shape index (κ3) is 1.91. The highest BCUT2D eigenvalue weighted by Gasteiger charge is 2.43. The Labute approximate surface area is 113 Å². The highest BCUT2D eigenvalue weighted by Crippen LogP contribution is 2.31. The number of imidazole rings is 1. The zero-order valence-corrected chi connectivity index (χ0v) is 10.6. The van der Waals surface area contributed by atoms with Crippen LogP contribution in [0.2, 0.25) is 0 Å². The maximum Gasteiger partial charge on any atom is 0.318 e. The number of ether oxygens (including phenoxy) is 2. The van der Waals surface area contributed by atoms with Crippen molar-refractivity contribution in [3.8, 4) is 6.01 Å². The molecular weight excluding hydrogens is 268 g/mol. The molecule has 1 saturated heterocycles. The zero-order chi connectivity index (χ0) is 14.3. The van der Waals surface area contributed by atoms with Crippen LogP contribution in [0.4, 0.5) is 0 Å². The predicted molar refractivity (Wildman–Crippen MR) is 64.9 cm³/mol. The molecule has 0 aliphatic carbocycles. The molecule has 108 valence electrons. The fraction of sp³-hybridized carbons (Fsp3) is 0.545. The van der Waals surface area contributed by atoms with E-state index in [1.165, 1.54) is 24.2 Å². The van der Waals surface area contributed by atoms with Gasteiger partial charge in [0, 0.05) is 0 Å². The molecule has 0 aromatic carbocycles. The average Bonchev–Trinajstić information content (AvgIpc) is 3.01. The molecule has 1 aliphatic rings. The summed E-state index contributed by atoms with van der Waals surface area (Å²) >= 11 is 0. The van der Waals surface area contributed by atoms with Crippen LogP contribution in [0.25, 0.3) is 11.2 Å². The van der Waals surface area contributed by atoms with Crippen molar-refractivity contribution in [1.82, 2.24) is 19.5 Å². The Hall–Kier alpha value is -1.81. The van der Waals surface area contributed by atoms with Gasteiger partial charge in [-0.15, -0.1) is 0 Å². The summed E-state index contributed by atoms with van der Waals surface area (Å²) in [6.45, 7) is -0.389. The molecule has 9 nitrogen and oxygen atoms in total. The number of aliphatic hydroxyl groups is 3. The van der Waals surface area contributed by atoms with Crippen molar-refractivity contribution in [1.29, 1.82) is 0 Å². The Bertz CT molecular complexity index is 618. The number of aromatic nitrogens is 4. The molecule has 2 aromatic rings. The minimum Gasteiger partial charge on any atom is -0.467 e. The summed E-state index contributed by atoms with van der Waals surface area (Å²) in [6, 6.07) is 0.158. The number of hydrogen-bond acceptors (Lipinski definition) is 8. The molecule has 0 bridgehead atoms. The molecule has 1 aliphatic heterocycles. The molecule has 9 heteroatoms. The van der Waals surface area contributed by atoms with Crippen LogP contribution in [0.1, 0.15) is 6.23 Å². The smallest absolute Gasteiger partial charge is 0.318 e. The van der Waals surface area contributed by atoms with E-state index < -0.39 is 24.5 Å². The summed E-state index contributed by atoms with van der Waals surface area (Å²) in [4.78, 5) is 12.2. The van der Waals surface area contributed by atoms with Crippen molar-refractivity contribution in [3.63, 3.8) is 0 Å². The Morgan fingerprint density at radius 3 is 2.80 bits per heavy atom. The van der Waals surface area contributed by atoms with Gasteiger partial charge >= 0.3 is 6.01 Å². The normalized spacial score (nSPS) is 30.0. The molecule has 3 N–H and O–H groups in total. The fourth-order valence-electron chi connectivity index (χ4n) is 2.21. The lowest BCUT2D eigenvalue weighted by molar-refractivity contribution is -0.0511. The average molecular weight is 282 g/mol. The number of nitrogens with zero attached hydrogens (tertiary/aromatic N) is 4. The third-order valence-electron chi connectivity index (χ3n) is 3.27. The van der Waals surface area contributed by atoms with E-state index in [1.54, 1.807) is 0 Å². The molecule has 4 unspecified atom stereocenters. The summed E-state index contributed by atoms with van der Waals surface area (Å²) in [5, 5.41) is 28.9. The van der Waals surface area contributed by atoms with E-state index in [9.17, 15) is 10.2 Å². The van der Waals surface area contributed by atoms with Crippen LogP contribution in [0.15, 0.2) is 12.5 Å². The Morgan fingerprint density at radius 1 is 1.35 bits per heavy atom. The molecular formula is C11H14N4O5. The van der Waals surface area contributed by atoms with Crippen molar-refractivity contribution in [2.75, 3.05) is 13.7 Å². The molecule has 0 spiro atoms. The monoisotopic (exact) mass is 282 g/mol. The van der Waals surface area contributed by atoms with E-state index in [4.69, 9.17) is 14.6 Å². The van der Waals surface area contributed by atoms with E-state index in [-0.39, 0.29) is 12.6 Å². The van der Waals surface area contributed by atoms with Crippen molar-refractivity contribution < 1.29 is 24.8 Å². The fourth-order valence-corrected chi connectivity index (χ4v) is 2.21. The Kier molecular flexibility index (Phi) is 3.26. The third-order valence-corrected chi connectivity index (χ3v) is 3.27. The van der Waals surface area contributed by atoms with Crippen molar-refractivity contribution >= 4 is 11.2 Å². The van der Waals surface area contributed by atoms with Gasteiger partial charge in [0.1, 0.15) is 23.8 Å². The van der Waals surface area contributed by atoms with Crippen LogP contribution < -0.4 is 4.74 Å². The molecule has 20 heavy (non-hydrogen) atoms. The van der Waals surface area contributed by atoms with Gasteiger partial charge in [-0.1, -0.05) is 0 Å². The minimum absolute atomic E-state index is 0.158. The van der Waals surface area contributed by atoms with Crippen LogP contribution >= 0.6 is 0 Å². The van der Waals surface area contributed by atoms with E-state index in [1.807, 2.05) is 0 Å². The summed E-state index contributed by atoms with van der Waals surface area (Å²) in [5.41, 5.74) is 0.912. The first-order valence-electron chi connectivity index (χ1n) is 6.01. The van der Waals surface area contributed by atoms with Crippen molar-refractivity contribution in [2.45, 2.75) is 24.5 Å². The first-order chi connectivity index (χ1) is 9.65. The molecule has 1 fully saturated rings. The molecule has 3 rings (SSSR count). The summed E-state index contributed by atoms with van der Waals surface area (Å²) in [5.74, 6) is 0. The van der Waals surface area contributed by atoms with Crippen LogP contribution in [0.3, 0.4) is 0 Å². The van der Waals surface area contributed by atoms with E-state index >= 15 is 0 Å². The summed E-state index contributed by atoms with van der Waals surface area (Å²) in [7, 11) is 1.44. The predicted octanol–water partition coefficient (Wildman–Crippen LogP) is -1.55. The Morgan fingerprint density at radius 2 is 2.15 bits per heavy atom. The van der Waals surface area contributed by atoms with Gasteiger partial charge < -0.3 is 24.8 Å². The Balaban J connectivity index is 2.02. The molecule has 0 amide bonds. The van der Waals surface area contributed by atoms with Crippen LogP contribution in [-0.2, 0) is 4.74 Å². The van der Waals surface area contributed by atoms with Gasteiger partial charge in [0.25, 0.3) is 0 Å². The topological polar surface area (TPSA) is 123 Å². The maximum absolute atomic E-state index is 10.0. The first-order valence-corrected chi connectivity index (χ1v) is 6.01. The number of methoxy groups -OCH3 is 1. The molecule has 4 atom stereocenters. The van der Waals surface area contributed by atoms with Crippen LogP contribution in [0.5, 0.6) is 6.01 Å². The number of hydrogen-bond donors (Lipinski definition) is 3. The zero-order valence-electron chi connectivity index (χ0n) is 10.6. The highest BCUT2D eigenvalue weighted by atomic mass is 16.6. The second-order valence-corrected chi connectivity index (χ2v) is 4.45. The van der Waals surface area contributed by atoms with Crippen molar-refractivity contribution in [2.24, 2.45) is 0 Å². The number of rotatable bonds is 3. The molecule has 3 heterocycles. The standard InChI is InChI=1S/C11H14N4O5/c1-19-11-12-2-5-9(14-11)15(4-13-5)10-8(18)7(17)6(3-16)20-10/h2,4,6-8,10,16-18H,3H2,1H3. The first kappa shape index (κ1) is 13.2. The van der Waals surface area contributed by atoms with E-state index in [0.717, 1.165) is 0 Å². The molecule has 2 aromatic heterocycles. The van der Waals surface area contributed by atoms with Gasteiger partial charge in [0.15, 0.2) is 11.9 Å².